The third-order valence-corrected chi connectivity index (χ3v) is 6.46. The van der Waals surface area contributed by atoms with Crippen LogP contribution < -0.4 is 5.32 Å². The highest BCUT2D eigenvalue weighted by Crippen LogP contribution is 2.39. The molecular weight excluding hydrogens is 364 g/mol. The Morgan fingerprint density at radius 1 is 1.07 bits per heavy atom. The van der Waals surface area contributed by atoms with E-state index in [0.717, 1.165) is 51.5 Å². The molecule has 5 nitrogen and oxygen atoms in total. The van der Waals surface area contributed by atoms with Crippen LogP contribution in [0.25, 0.3) is 0 Å². The largest absolute Gasteiger partial charge is 0.395 e. The molecule has 1 heterocycles. The lowest BCUT2D eigenvalue weighted by molar-refractivity contribution is -0.149. The number of aliphatic hydroxyl groups excluding tert-OH is 1. The van der Waals surface area contributed by atoms with Gasteiger partial charge in [0.2, 0.25) is 0 Å². The summed E-state index contributed by atoms with van der Waals surface area (Å²) in [7, 11) is 0. The molecular formula is C24H34N2O3. The fourth-order valence-corrected chi connectivity index (χ4v) is 4.72. The molecule has 1 saturated carbocycles. The Kier molecular flexibility index (Phi) is 8.11. The molecule has 2 atom stereocenters. The highest BCUT2D eigenvalue weighted by Gasteiger charge is 2.45. The minimum absolute atomic E-state index is 0.0646. The van der Waals surface area contributed by atoms with Crippen molar-refractivity contribution in [2.75, 3.05) is 26.2 Å². The van der Waals surface area contributed by atoms with Gasteiger partial charge < -0.3 is 15.5 Å². The van der Waals surface area contributed by atoms with Gasteiger partial charge in [-0.15, -0.1) is 0 Å². The first-order valence-corrected chi connectivity index (χ1v) is 11.0. The number of piperidine rings is 1. The lowest BCUT2D eigenvalue weighted by Gasteiger charge is -2.37. The van der Waals surface area contributed by atoms with Gasteiger partial charge in [-0.1, -0.05) is 67.9 Å². The standard InChI is InChI=1S/C24H34N2O3/c27-19-22-15-7-9-17-26(22)18-10-8-16-25-23(28)24(29,20-11-3-1-4-12-20)21-13-5-2-6-14-21/h1,3-4,11-12,21-22,27,29H,2,5-7,9,13-19H2,(H,25,28). The van der Waals surface area contributed by atoms with E-state index >= 15 is 0 Å². The van der Waals surface area contributed by atoms with E-state index in [1.165, 1.54) is 6.42 Å². The molecule has 2 fully saturated rings. The molecule has 158 valence electrons. The first kappa shape index (κ1) is 21.8. The van der Waals surface area contributed by atoms with E-state index in [4.69, 9.17) is 0 Å². The minimum atomic E-state index is -1.50. The van der Waals surface area contributed by atoms with E-state index in [1.807, 2.05) is 30.3 Å². The summed E-state index contributed by atoms with van der Waals surface area (Å²) in [5.41, 5.74) is -0.838. The van der Waals surface area contributed by atoms with Gasteiger partial charge in [-0.3, -0.25) is 9.69 Å². The fourth-order valence-electron chi connectivity index (χ4n) is 4.72. The number of benzene rings is 1. The van der Waals surface area contributed by atoms with Crippen molar-refractivity contribution in [3.63, 3.8) is 0 Å². The molecule has 0 radical (unpaired) electrons. The van der Waals surface area contributed by atoms with Crippen molar-refractivity contribution in [1.29, 1.82) is 0 Å². The van der Waals surface area contributed by atoms with Crippen LogP contribution in [-0.2, 0) is 10.4 Å². The highest BCUT2D eigenvalue weighted by molar-refractivity contribution is 5.87. The Labute approximate surface area is 174 Å². The van der Waals surface area contributed by atoms with Crippen LogP contribution in [0.4, 0.5) is 0 Å². The van der Waals surface area contributed by atoms with Crippen LogP contribution in [0.2, 0.25) is 0 Å². The number of nitrogens with one attached hydrogen (secondary N) is 1. The molecule has 0 bridgehead atoms. The van der Waals surface area contributed by atoms with Gasteiger partial charge in [-0.2, -0.15) is 0 Å². The van der Waals surface area contributed by atoms with Crippen LogP contribution in [0.1, 0.15) is 56.9 Å². The maximum absolute atomic E-state index is 13.1. The van der Waals surface area contributed by atoms with E-state index in [-0.39, 0.29) is 31.0 Å². The molecule has 5 heteroatoms. The molecule has 0 aromatic heterocycles. The molecule has 1 aliphatic carbocycles. The fraction of sp³-hybridized carbons (Fsp3) is 0.625. The molecule has 0 spiro atoms. The summed E-state index contributed by atoms with van der Waals surface area (Å²) in [4.78, 5) is 15.3. The summed E-state index contributed by atoms with van der Waals surface area (Å²) in [6.07, 6.45) is 8.30. The third kappa shape index (κ3) is 5.39. The maximum Gasteiger partial charge on any atom is 0.257 e. The van der Waals surface area contributed by atoms with Crippen LogP contribution in [-0.4, -0.2) is 53.3 Å². The topological polar surface area (TPSA) is 72.8 Å². The van der Waals surface area contributed by atoms with Crippen molar-refractivity contribution in [3.8, 4) is 11.8 Å². The van der Waals surface area contributed by atoms with Crippen molar-refractivity contribution in [2.45, 2.75) is 63.0 Å². The predicted molar refractivity (Wildman–Crippen MR) is 114 cm³/mol. The number of hydrogen-bond acceptors (Lipinski definition) is 4. The number of carbonyl (C=O) groups is 1. The van der Waals surface area contributed by atoms with Crippen molar-refractivity contribution in [1.82, 2.24) is 10.2 Å². The first-order valence-electron chi connectivity index (χ1n) is 11.0. The van der Waals surface area contributed by atoms with Crippen LogP contribution >= 0.6 is 0 Å². The summed E-state index contributed by atoms with van der Waals surface area (Å²) in [5.74, 6) is 5.72. The average Bonchev–Trinajstić information content (AvgIpc) is 2.79. The summed E-state index contributed by atoms with van der Waals surface area (Å²) in [6, 6.07) is 9.51. The van der Waals surface area contributed by atoms with Gasteiger partial charge in [-0.25, -0.2) is 0 Å². The predicted octanol–water partition coefficient (Wildman–Crippen LogP) is 2.42. The number of amides is 1. The zero-order valence-corrected chi connectivity index (χ0v) is 17.3. The first-order chi connectivity index (χ1) is 14.2. The number of hydrogen-bond donors (Lipinski definition) is 3. The number of aliphatic hydroxyl groups is 2. The molecule has 1 aromatic rings. The van der Waals surface area contributed by atoms with Gasteiger partial charge in [0, 0.05) is 12.0 Å². The lowest BCUT2D eigenvalue weighted by Crippen LogP contribution is -2.50. The Hall–Kier alpha value is -1.87. The molecule has 1 aliphatic heterocycles. The molecule has 2 aliphatic rings. The second-order valence-corrected chi connectivity index (χ2v) is 8.31. The molecule has 1 amide bonds. The quantitative estimate of drug-likeness (QED) is 0.644. The van der Waals surface area contributed by atoms with Crippen molar-refractivity contribution in [2.24, 2.45) is 5.92 Å². The molecule has 3 N–H and O–H groups in total. The smallest absolute Gasteiger partial charge is 0.257 e. The van der Waals surface area contributed by atoms with Crippen LogP contribution in [0, 0.1) is 17.8 Å². The Bertz CT molecular complexity index is 706. The third-order valence-electron chi connectivity index (χ3n) is 6.46. The number of rotatable bonds is 6. The summed E-state index contributed by atoms with van der Waals surface area (Å²) >= 11 is 0. The van der Waals surface area contributed by atoms with E-state index in [9.17, 15) is 15.0 Å². The number of nitrogens with zero attached hydrogens (tertiary/aromatic N) is 1. The van der Waals surface area contributed by atoms with Crippen LogP contribution in [0.5, 0.6) is 0 Å². The normalized spacial score (nSPS) is 22.9. The van der Waals surface area contributed by atoms with Crippen molar-refractivity contribution < 1.29 is 15.0 Å². The summed E-state index contributed by atoms with van der Waals surface area (Å²) < 4.78 is 0. The number of likely N-dealkylation sites (tertiary alicyclic amines) is 1. The molecule has 1 saturated heterocycles. The van der Waals surface area contributed by atoms with Gasteiger partial charge in [-0.05, 0) is 37.8 Å². The Morgan fingerprint density at radius 3 is 2.52 bits per heavy atom. The average molecular weight is 399 g/mol. The summed E-state index contributed by atoms with van der Waals surface area (Å²) in [6.45, 7) is 1.95. The van der Waals surface area contributed by atoms with E-state index in [0.29, 0.717) is 12.1 Å². The monoisotopic (exact) mass is 398 g/mol. The zero-order chi connectivity index (χ0) is 20.5. The van der Waals surface area contributed by atoms with Crippen molar-refractivity contribution in [3.05, 3.63) is 35.9 Å². The highest BCUT2D eigenvalue weighted by atomic mass is 16.3. The van der Waals surface area contributed by atoms with Gasteiger partial charge in [0.15, 0.2) is 5.60 Å². The number of carbonyl (C=O) groups excluding carboxylic acids is 1. The van der Waals surface area contributed by atoms with E-state index in [2.05, 4.69) is 22.1 Å². The molecule has 3 rings (SSSR count). The second kappa shape index (κ2) is 10.8. The van der Waals surface area contributed by atoms with Gasteiger partial charge in [0.1, 0.15) is 0 Å². The summed E-state index contributed by atoms with van der Waals surface area (Å²) in [5, 5.41) is 23.8. The molecule has 1 aromatic carbocycles. The minimum Gasteiger partial charge on any atom is -0.395 e. The Balaban J connectivity index is 1.61. The zero-order valence-electron chi connectivity index (χ0n) is 17.3. The molecule has 2 unspecified atom stereocenters. The molecule has 29 heavy (non-hydrogen) atoms. The lowest BCUT2D eigenvalue weighted by atomic mass is 9.73. The SMILES string of the molecule is O=C(NCC#CCN1CCCCC1CO)C(O)(c1ccccc1)C1CCCCC1. The van der Waals surface area contributed by atoms with Gasteiger partial charge in [0.25, 0.3) is 5.91 Å². The maximum atomic E-state index is 13.1. The second-order valence-electron chi connectivity index (χ2n) is 8.31. The Morgan fingerprint density at radius 2 is 1.79 bits per heavy atom. The van der Waals surface area contributed by atoms with Crippen LogP contribution in [0.15, 0.2) is 30.3 Å². The van der Waals surface area contributed by atoms with E-state index < -0.39 is 5.60 Å². The van der Waals surface area contributed by atoms with Crippen LogP contribution in [0.3, 0.4) is 0 Å². The van der Waals surface area contributed by atoms with E-state index in [1.54, 1.807) is 0 Å². The van der Waals surface area contributed by atoms with Gasteiger partial charge >= 0.3 is 0 Å². The van der Waals surface area contributed by atoms with Gasteiger partial charge in [0.05, 0.1) is 19.7 Å². The van der Waals surface area contributed by atoms with Crippen molar-refractivity contribution >= 4 is 5.91 Å².